The fourth-order valence-corrected chi connectivity index (χ4v) is 0.903. The Labute approximate surface area is 70.7 Å². The standard InChI is InChI=1S/C4H9NO8/c6-1(7)2(8,9)4(12,13)5-3(1,10)11/h5-13H. The zero-order chi connectivity index (χ0) is 10.7. The van der Waals surface area contributed by atoms with Crippen molar-refractivity contribution in [3.63, 3.8) is 0 Å². The summed E-state index contributed by atoms with van der Waals surface area (Å²) in [7, 11) is 0. The van der Waals surface area contributed by atoms with E-state index in [1.165, 1.54) is 0 Å². The maximum atomic E-state index is 8.76. The number of aliphatic hydroxyl groups is 8. The van der Waals surface area contributed by atoms with Crippen LogP contribution in [0.15, 0.2) is 0 Å². The second-order valence-corrected chi connectivity index (χ2v) is 2.81. The van der Waals surface area contributed by atoms with Crippen LogP contribution in [-0.4, -0.2) is 64.2 Å². The molecule has 1 fully saturated rings. The Morgan fingerprint density at radius 3 is 0.846 bits per heavy atom. The highest BCUT2D eigenvalue weighted by molar-refractivity contribution is 5.07. The van der Waals surface area contributed by atoms with E-state index < -0.39 is 23.4 Å². The summed E-state index contributed by atoms with van der Waals surface area (Å²) in [4.78, 5) is 0. The fourth-order valence-electron chi connectivity index (χ4n) is 0.903. The molecule has 1 rings (SSSR count). The van der Waals surface area contributed by atoms with Crippen molar-refractivity contribution in [1.82, 2.24) is 5.32 Å². The average molecular weight is 199 g/mol. The first kappa shape index (κ1) is 10.7. The van der Waals surface area contributed by atoms with Crippen molar-refractivity contribution in [3.8, 4) is 0 Å². The van der Waals surface area contributed by atoms with E-state index in [2.05, 4.69) is 0 Å². The van der Waals surface area contributed by atoms with Gasteiger partial charge >= 0.3 is 0 Å². The lowest BCUT2D eigenvalue weighted by atomic mass is 10.1. The van der Waals surface area contributed by atoms with Crippen LogP contribution in [0.5, 0.6) is 0 Å². The molecular weight excluding hydrogens is 190 g/mol. The van der Waals surface area contributed by atoms with Gasteiger partial charge in [-0.1, -0.05) is 0 Å². The van der Waals surface area contributed by atoms with Crippen molar-refractivity contribution in [1.29, 1.82) is 0 Å². The lowest BCUT2D eigenvalue weighted by Gasteiger charge is -2.33. The maximum Gasteiger partial charge on any atom is 0.297 e. The van der Waals surface area contributed by atoms with Crippen LogP contribution >= 0.6 is 0 Å². The van der Waals surface area contributed by atoms with Gasteiger partial charge in [0.05, 0.1) is 0 Å². The molecule has 9 heteroatoms. The van der Waals surface area contributed by atoms with E-state index in [-0.39, 0.29) is 0 Å². The Balaban J connectivity index is 3.24. The van der Waals surface area contributed by atoms with Gasteiger partial charge in [0.15, 0.2) is 0 Å². The van der Waals surface area contributed by atoms with E-state index in [0.29, 0.717) is 0 Å². The Morgan fingerprint density at radius 2 is 0.769 bits per heavy atom. The van der Waals surface area contributed by atoms with Gasteiger partial charge in [0.25, 0.3) is 23.4 Å². The second kappa shape index (κ2) is 2.17. The van der Waals surface area contributed by atoms with Gasteiger partial charge in [-0.25, -0.2) is 5.32 Å². The van der Waals surface area contributed by atoms with E-state index in [1.807, 2.05) is 0 Å². The lowest BCUT2D eigenvalue weighted by Crippen LogP contribution is -2.66. The predicted molar refractivity (Wildman–Crippen MR) is 31.8 cm³/mol. The first-order chi connectivity index (χ1) is 5.46. The molecule has 1 aliphatic rings. The number of nitrogens with one attached hydrogen (secondary N) is 1. The number of hydrogen-bond donors (Lipinski definition) is 9. The third-order valence-corrected chi connectivity index (χ3v) is 1.81. The highest BCUT2D eigenvalue weighted by Crippen LogP contribution is 2.39. The van der Waals surface area contributed by atoms with Crippen LogP contribution in [-0.2, 0) is 0 Å². The van der Waals surface area contributed by atoms with Crippen molar-refractivity contribution in [3.05, 3.63) is 0 Å². The zero-order valence-electron chi connectivity index (χ0n) is 6.08. The Hall–Kier alpha value is -0.360. The molecular formula is C4H9NO8. The molecule has 1 saturated heterocycles. The predicted octanol–water partition coefficient (Wildman–Crippen LogP) is -5.77. The van der Waals surface area contributed by atoms with Gasteiger partial charge in [-0.15, -0.1) is 0 Å². The summed E-state index contributed by atoms with van der Waals surface area (Å²) in [5.74, 6) is -15.3. The summed E-state index contributed by atoms with van der Waals surface area (Å²) in [6.45, 7) is 0. The highest BCUT2D eigenvalue weighted by Gasteiger charge is 2.79. The van der Waals surface area contributed by atoms with Crippen LogP contribution in [0, 0.1) is 0 Å². The van der Waals surface area contributed by atoms with Crippen LogP contribution in [0.25, 0.3) is 0 Å². The molecule has 9 nitrogen and oxygen atoms in total. The molecule has 1 heterocycles. The summed E-state index contributed by atoms with van der Waals surface area (Å²) >= 11 is 0. The zero-order valence-corrected chi connectivity index (χ0v) is 6.08. The number of hydrogen-bond acceptors (Lipinski definition) is 9. The molecule has 0 radical (unpaired) electrons. The molecule has 0 aromatic carbocycles. The molecule has 0 aliphatic carbocycles. The van der Waals surface area contributed by atoms with Crippen molar-refractivity contribution in [2.75, 3.05) is 0 Å². The Bertz CT molecular complexity index is 208. The summed E-state index contributed by atoms with van der Waals surface area (Å²) in [5.41, 5.74) is 0. The Morgan fingerprint density at radius 1 is 0.538 bits per heavy atom. The van der Waals surface area contributed by atoms with Crippen molar-refractivity contribution < 1.29 is 40.9 Å². The van der Waals surface area contributed by atoms with Crippen molar-refractivity contribution >= 4 is 0 Å². The smallest absolute Gasteiger partial charge is 0.297 e. The molecule has 1 aliphatic heterocycles. The van der Waals surface area contributed by atoms with Gasteiger partial charge in [-0.2, -0.15) is 0 Å². The Kier molecular flexibility index (Phi) is 1.79. The van der Waals surface area contributed by atoms with Gasteiger partial charge in [0, 0.05) is 0 Å². The molecule has 9 N–H and O–H groups in total. The first-order valence-electron chi connectivity index (χ1n) is 3.04. The van der Waals surface area contributed by atoms with Crippen LogP contribution in [0.1, 0.15) is 0 Å². The van der Waals surface area contributed by atoms with Gasteiger partial charge in [0.2, 0.25) is 0 Å². The quantitative estimate of drug-likeness (QED) is 0.172. The van der Waals surface area contributed by atoms with E-state index in [4.69, 9.17) is 40.9 Å². The van der Waals surface area contributed by atoms with E-state index in [0.717, 1.165) is 5.32 Å². The van der Waals surface area contributed by atoms with Gasteiger partial charge in [-0.3, -0.25) is 0 Å². The summed E-state index contributed by atoms with van der Waals surface area (Å²) in [6, 6.07) is 0. The second-order valence-electron chi connectivity index (χ2n) is 2.81. The van der Waals surface area contributed by atoms with E-state index >= 15 is 0 Å². The molecule has 0 aromatic rings. The summed E-state index contributed by atoms with van der Waals surface area (Å²) in [6.07, 6.45) is 0. The minimum Gasteiger partial charge on any atom is -0.356 e. The van der Waals surface area contributed by atoms with E-state index in [9.17, 15) is 0 Å². The SMILES string of the molecule is OC1(O)NC(O)(O)C(O)(O)C1(O)O. The largest absolute Gasteiger partial charge is 0.356 e. The summed E-state index contributed by atoms with van der Waals surface area (Å²) in [5, 5.41) is 70.8. The molecule has 13 heavy (non-hydrogen) atoms. The normalized spacial score (nSPS) is 33.2. The molecule has 0 bridgehead atoms. The summed E-state index contributed by atoms with van der Waals surface area (Å²) < 4.78 is 0. The average Bonchev–Trinajstić information content (AvgIpc) is 1.88. The lowest BCUT2D eigenvalue weighted by molar-refractivity contribution is -0.452. The minimum atomic E-state index is -3.97. The molecule has 0 saturated carbocycles. The fraction of sp³-hybridized carbons (Fsp3) is 1.00. The molecule has 78 valence electrons. The first-order valence-corrected chi connectivity index (χ1v) is 3.04. The highest BCUT2D eigenvalue weighted by atomic mass is 16.7. The molecule has 0 atom stereocenters. The molecule has 0 amide bonds. The van der Waals surface area contributed by atoms with Crippen molar-refractivity contribution in [2.24, 2.45) is 0 Å². The maximum absolute atomic E-state index is 8.76. The molecule has 0 aromatic heterocycles. The van der Waals surface area contributed by atoms with Gasteiger partial charge in [-0.05, 0) is 0 Å². The van der Waals surface area contributed by atoms with Crippen LogP contribution < -0.4 is 5.32 Å². The topological polar surface area (TPSA) is 174 Å². The minimum absolute atomic E-state index is 0.972. The monoisotopic (exact) mass is 199 g/mol. The third kappa shape index (κ3) is 1.02. The molecule has 0 spiro atoms. The van der Waals surface area contributed by atoms with Crippen molar-refractivity contribution in [2.45, 2.75) is 23.4 Å². The third-order valence-electron chi connectivity index (χ3n) is 1.81. The number of rotatable bonds is 0. The van der Waals surface area contributed by atoms with Gasteiger partial charge < -0.3 is 40.9 Å². The molecule has 0 unspecified atom stereocenters. The van der Waals surface area contributed by atoms with Crippen LogP contribution in [0.2, 0.25) is 0 Å². The van der Waals surface area contributed by atoms with Crippen LogP contribution in [0.3, 0.4) is 0 Å². The van der Waals surface area contributed by atoms with Gasteiger partial charge in [0.1, 0.15) is 0 Å². The van der Waals surface area contributed by atoms with Crippen LogP contribution in [0.4, 0.5) is 0 Å². The van der Waals surface area contributed by atoms with E-state index in [1.54, 1.807) is 0 Å².